The molecular weight excluding hydrogens is 308 g/mol. The van der Waals surface area contributed by atoms with Crippen molar-refractivity contribution >= 4 is 40.2 Å². The molecule has 0 aliphatic rings. The van der Waals surface area contributed by atoms with Crippen molar-refractivity contribution in [1.82, 2.24) is 9.97 Å². The summed E-state index contributed by atoms with van der Waals surface area (Å²) in [6.45, 7) is 0. The lowest BCUT2D eigenvalue weighted by atomic mass is 10.1. The van der Waals surface area contributed by atoms with Gasteiger partial charge in [0.25, 0.3) is 0 Å². The molecule has 0 fully saturated rings. The number of aromatic hydroxyl groups is 1. The second-order valence-corrected chi connectivity index (χ2v) is 5.83. The van der Waals surface area contributed by atoms with E-state index < -0.39 is 0 Å². The number of para-hydroxylation sites is 2. The molecule has 0 unspecified atom stereocenters. The highest BCUT2D eigenvalue weighted by Gasteiger charge is 2.13. The zero-order valence-electron chi connectivity index (χ0n) is 10.8. The van der Waals surface area contributed by atoms with Gasteiger partial charge in [-0.05, 0) is 30.3 Å². The number of ketones is 1. The first-order chi connectivity index (χ1) is 10.1. The van der Waals surface area contributed by atoms with Gasteiger partial charge in [-0.3, -0.25) is 4.79 Å². The predicted molar refractivity (Wildman–Crippen MR) is 84.3 cm³/mol. The number of imidazole rings is 1. The molecule has 0 aliphatic heterocycles. The minimum Gasteiger partial charge on any atom is -0.507 e. The van der Waals surface area contributed by atoms with Gasteiger partial charge in [-0.2, -0.15) is 0 Å². The number of phenolic OH excluding ortho intramolecular Hbond substituents is 1. The van der Waals surface area contributed by atoms with E-state index in [1.165, 1.54) is 23.9 Å². The monoisotopic (exact) mass is 318 g/mol. The average Bonchev–Trinajstić information content (AvgIpc) is 2.90. The number of nitrogens with zero attached hydrogens (tertiary/aromatic N) is 1. The fourth-order valence-corrected chi connectivity index (χ4v) is 2.88. The standard InChI is InChI=1S/C15H11ClN2O2S/c16-9-5-6-13(19)10(7-9)14(20)8-21-15-17-11-3-1-2-4-12(11)18-15/h1-7,19H,8H2,(H,17,18). The minimum absolute atomic E-state index is 0.0605. The average molecular weight is 319 g/mol. The number of aromatic amines is 1. The number of aromatic nitrogens is 2. The molecular formula is C15H11ClN2O2S. The largest absolute Gasteiger partial charge is 0.507 e. The number of hydrogen-bond donors (Lipinski definition) is 2. The number of thioether (sulfide) groups is 1. The third-order valence-electron chi connectivity index (χ3n) is 2.97. The summed E-state index contributed by atoms with van der Waals surface area (Å²) < 4.78 is 0. The van der Waals surface area contributed by atoms with Crippen molar-refractivity contribution in [2.24, 2.45) is 0 Å². The summed E-state index contributed by atoms with van der Waals surface area (Å²) in [6.07, 6.45) is 0. The molecule has 4 nitrogen and oxygen atoms in total. The summed E-state index contributed by atoms with van der Waals surface area (Å²) in [4.78, 5) is 19.6. The van der Waals surface area contributed by atoms with Gasteiger partial charge in [0.1, 0.15) is 5.75 Å². The lowest BCUT2D eigenvalue weighted by Crippen LogP contribution is -2.03. The maximum absolute atomic E-state index is 12.1. The molecule has 6 heteroatoms. The van der Waals surface area contributed by atoms with Crippen LogP contribution >= 0.6 is 23.4 Å². The first kappa shape index (κ1) is 14.0. The molecule has 0 amide bonds. The summed E-state index contributed by atoms with van der Waals surface area (Å²) >= 11 is 7.14. The minimum atomic E-state index is -0.194. The van der Waals surface area contributed by atoms with Gasteiger partial charge in [0.05, 0.1) is 22.3 Å². The van der Waals surface area contributed by atoms with Crippen LogP contribution < -0.4 is 0 Å². The van der Waals surface area contributed by atoms with E-state index in [-0.39, 0.29) is 22.8 Å². The van der Waals surface area contributed by atoms with Gasteiger partial charge >= 0.3 is 0 Å². The first-order valence-corrected chi connectivity index (χ1v) is 7.59. The van der Waals surface area contributed by atoms with Crippen LogP contribution in [0.3, 0.4) is 0 Å². The molecule has 2 N–H and O–H groups in total. The number of Topliss-reactive ketones (excluding diaryl/α,β-unsaturated/α-hetero) is 1. The molecule has 3 rings (SSSR count). The van der Waals surface area contributed by atoms with E-state index in [0.717, 1.165) is 11.0 Å². The van der Waals surface area contributed by atoms with E-state index in [0.29, 0.717) is 10.2 Å². The van der Waals surface area contributed by atoms with Crippen molar-refractivity contribution in [1.29, 1.82) is 0 Å². The molecule has 0 spiro atoms. The van der Waals surface area contributed by atoms with Gasteiger partial charge in [0, 0.05) is 5.02 Å². The highest BCUT2D eigenvalue weighted by Crippen LogP contribution is 2.25. The number of halogens is 1. The molecule has 3 aromatic rings. The Kier molecular flexibility index (Phi) is 3.86. The van der Waals surface area contributed by atoms with Crippen LogP contribution in [0.15, 0.2) is 47.6 Å². The molecule has 0 saturated carbocycles. The van der Waals surface area contributed by atoms with Gasteiger partial charge in [0.2, 0.25) is 0 Å². The second kappa shape index (κ2) is 5.79. The lowest BCUT2D eigenvalue weighted by molar-refractivity contribution is 0.102. The maximum atomic E-state index is 12.1. The number of hydrogen-bond acceptors (Lipinski definition) is 4. The second-order valence-electron chi connectivity index (χ2n) is 4.43. The molecule has 0 atom stereocenters. The van der Waals surface area contributed by atoms with Gasteiger partial charge in [-0.1, -0.05) is 35.5 Å². The highest BCUT2D eigenvalue weighted by atomic mass is 35.5. The fourth-order valence-electron chi connectivity index (χ4n) is 1.94. The molecule has 2 aromatic carbocycles. The summed E-state index contributed by atoms with van der Waals surface area (Å²) in [5, 5.41) is 10.8. The van der Waals surface area contributed by atoms with Crippen LogP contribution in [-0.2, 0) is 0 Å². The van der Waals surface area contributed by atoms with Crippen LogP contribution in [0.4, 0.5) is 0 Å². The number of fused-ring (bicyclic) bond motifs is 1. The Morgan fingerprint density at radius 3 is 2.90 bits per heavy atom. The van der Waals surface area contributed by atoms with Crippen LogP contribution in [-0.4, -0.2) is 26.6 Å². The van der Waals surface area contributed by atoms with Crippen molar-refractivity contribution in [3.63, 3.8) is 0 Å². The van der Waals surface area contributed by atoms with E-state index in [4.69, 9.17) is 11.6 Å². The predicted octanol–water partition coefficient (Wildman–Crippen LogP) is 3.90. The summed E-state index contributed by atoms with van der Waals surface area (Å²) in [5.74, 6) is -0.0802. The van der Waals surface area contributed by atoms with Crippen molar-refractivity contribution in [3.05, 3.63) is 53.1 Å². The fraction of sp³-hybridized carbons (Fsp3) is 0.0667. The third kappa shape index (κ3) is 3.04. The number of rotatable bonds is 4. The summed E-state index contributed by atoms with van der Waals surface area (Å²) in [7, 11) is 0. The van der Waals surface area contributed by atoms with E-state index in [1.807, 2.05) is 24.3 Å². The zero-order valence-corrected chi connectivity index (χ0v) is 12.4. The Balaban J connectivity index is 1.74. The molecule has 1 aromatic heterocycles. The molecule has 0 saturated heterocycles. The van der Waals surface area contributed by atoms with Crippen LogP contribution in [0.25, 0.3) is 11.0 Å². The summed E-state index contributed by atoms with van der Waals surface area (Å²) in [6, 6.07) is 12.1. The Morgan fingerprint density at radius 2 is 2.10 bits per heavy atom. The number of nitrogens with one attached hydrogen (secondary N) is 1. The van der Waals surface area contributed by atoms with E-state index in [1.54, 1.807) is 6.07 Å². The molecule has 0 radical (unpaired) electrons. The van der Waals surface area contributed by atoms with Crippen molar-refractivity contribution in [3.8, 4) is 5.75 Å². The Bertz CT molecular complexity index is 783. The molecule has 1 heterocycles. The quantitative estimate of drug-likeness (QED) is 0.565. The highest BCUT2D eigenvalue weighted by molar-refractivity contribution is 7.99. The molecule has 0 bridgehead atoms. The maximum Gasteiger partial charge on any atom is 0.176 e. The van der Waals surface area contributed by atoms with Crippen molar-refractivity contribution < 1.29 is 9.90 Å². The molecule has 21 heavy (non-hydrogen) atoms. The zero-order chi connectivity index (χ0) is 14.8. The third-order valence-corrected chi connectivity index (χ3v) is 4.08. The van der Waals surface area contributed by atoms with Gasteiger partial charge < -0.3 is 10.1 Å². The number of H-pyrrole nitrogens is 1. The van der Waals surface area contributed by atoms with E-state index >= 15 is 0 Å². The van der Waals surface area contributed by atoms with Crippen LogP contribution in [0, 0.1) is 0 Å². The number of benzene rings is 2. The van der Waals surface area contributed by atoms with Crippen LogP contribution in [0.2, 0.25) is 5.02 Å². The lowest BCUT2D eigenvalue weighted by Gasteiger charge is -2.03. The topological polar surface area (TPSA) is 66.0 Å². The van der Waals surface area contributed by atoms with Gasteiger partial charge in [-0.25, -0.2) is 4.98 Å². The Labute approximate surface area is 130 Å². The normalized spacial score (nSPS) is 10.9. The number of phenols is 1. The van der Waals surface area contributed by atoms with Crippen LogP contribution in [0.1, 0.15) is 10.4 Å². The number of carbonyl (C=O) groups excluding carboxylic acids is 1. The Hall–Kier alpha value is -1.98. The van der Waals surface area contributed by atoms with Crippen molar-refractivity contribution in [2.45, 2.75) is 5.16 Å². The van der Waals surface area contributed by atoms with Crippen LogP contribution in [0.5, 0.6) is 5.75 Å². The Morgan fingerprint density at radius 1 is 1.29 bits per heavy atom. The van der Waals surface area contributed by atoms with Gasteiger partial charge in [-0.15, -0.1) is 0 Å². The molecule has 106 valence electrons. The number of carbonyl (C=O) groups is 1. The van der Waals surface area contributed by atoms with Crippen molar-refractivity contribution in [2.75, 3.05) is 5.75 Å². The first-order valence-electron chi connectivity index (χ1n) is 6.23. The molecule has 0 aliphatic carbocycles. The SMILES string of the molecule is O=C(CSc1nc2ccccc2[nH]1)c1cc(Cl)ccc1O. The van der Waals surface area contributed by atoms with E-state index in [9.17, 15) is 9.90 Å². The van der Waals surface area contributed by atoms with Gasteiger partial charge in [0.15, 0.2) is 10.9 Å². The van der Waals surface area contributed by atoms with E-state index in [2.05, 4.69) is 9.97 Å². The summed E-state index contributed by atoms with van der Waals surface area (Å²) in [5.41, 5.74) is 2.02. The smallest absolute Gasteiger partial charge is 0.176 e.